The number of ether oxygens (including phenoxy) is 3. The van der Waals surface area contributed by atoms with Gasteiger partial charge in [0.05, 0.1) is 24.8 Å². The molecule has 0 aliphatic carbocycles. The van der Waals surface area contributed by atoms with Crippen LogP contribution in [0.3, 0.4) is 0 Å². The molecule has 0 amide bonds. The second-order valence-corrected chi connectivity index (χ2v) is 9.00. The number of carbonyl (C=O) groups excluding carboxylic acids is 3. The summed E-state index contributed by atoms with van der Waals surface area (Å²) in [6.45, 7) is 6.89. The Balaban J connectivity index is 0.000000353. The fourth-order valence-electron chi connectivity index (χ4n) is 3.73. The minimum absolute atomic E-state index is 0.0419. The van der Waals surface area contributed by atoms with E-state index in [4.69, 9.17) is 19.9 Å². The smallest absolute Gasteiger partial charge is 0.347 e. The third kappa shape index (κ3) is 7.75. The zero-order valence-corrected chi connectivity index (χ0v) is 23.4. The predicted molar refractivity (Wildman–Crippen MR) is 150 cm³/mol. The Kier molecular flexibility index (Phi) is 11.3. The summed E-state index contributed by atoms with van der Waals surface area (Å²) in [6.07, 6.45) is 2.28. The number of esters is 2. The second-order valence-electron chi connectivity index (χ2n) is 9.00. The van der Waals surface area contributed by atoms with Gasteiger partial charge in [-0.25, -0.2) is 14.4 Å². The number of carbonyl (C=O) groups is 4. The van der Waals surface area contributed by atoms with Crippen LogP contribution in [0.25, 0.3) is 0 Å². The maximum Gasteiger partial charge on any atom is 0.347 e. The molecule has 0 aromatic heterocycles. The highest BCUT2D eigenvalue weighted by Crippen LogP contribution is 2.36. The van der Waals surface area contributed by atoms with Crippen LogP contribution in [0.2, 0.25) is 0 Å². The van der Waals surface area contributed by atoms with E-state index in [0.717, 1.165) is 12.8 Å². The highest BCUT2D eigenvalue weighted by molar-refractivity contribution is 6.00. The number of hydrogen-bond acceptors (Lipinski definition) is 10. The number of carboxylic acids is 1. The number of carboxylic acid groups (broad SMARTS) is 1. The Morgan fingerprint density at radius 1 is 0.902 bits per heavy atom. The third-order valence-electron chi connectivity index (χ3n) is 6.04. The summed E-state index contributed by atoms with van der Waals surface area (Å²) in [4.78, 5) is 46.6. The van der Waals surface area contributed by atoms with Crippen molar-refractivity contribution in [3.8, 4) is 23.0 Å². The number of aryl methyl sites for hydroxylation is 2. The fourth-order valence-corrected chi connectivity index (χ4v) is 3.73. The number of rotatable bonds is 9. The molecule has 0 fully saturated rings. The van der Waals surface area contributed by atoms with Crippen molar-refractivity contribution in [1.82, 2.24) is 0 Å². The largest absolute Gasteiger partial charge is 0.507 e. The quantitative estimate of drug-likeness (QED) is 0.0898. The van der Waals surface area contributed by atoms with Crippen molar-refractivity contribution < 1.29 is 48.7 Å². The van der Waals surface area contributed by atoms with Gasteiger partial charge in [0.15, 0.2) is 6.29 Å². The number of methoxy groups -OCH3 is 1. The number of nitrogens with two attached hydrogens (primary N) is 1. The van der Waals surface area contributed by atoms with Gasteiger partial charge in [0.1, 0.15) is 34.1 Å². The van der Waals surface area contributed by atoms with E-state index >= 15 is 0 Å². The normalized spacial score (nSPS) is 10.2. The van der Waals surface area contributed by atoms with E-state index in [1.165, 1.54) is 40.0 Å². The van der Waals surface area contributed by atoms with Crippen molar-refractivity contribution >= 4 is 29.9 Å². The summed E-state index contributed by atoms with van der Waals surface area (Å²) in [6, 6.07) is 9.43. The van der Waals surface area contributed by atoms with Crippen molar-refractivity contribution in [2.45, 2.75) is 40.5 Å². The standard InChI is InChI=1S/C19H18O8.C11H15NO2/c1-8-5-13(26-4)11(7-20)17(22)14(8)19(25)27-12-6-9(2)16(21)15(10(12)3)18(23)24;1-2-3-8-14-11(13)9-4-6-10(12)7-5-9/h5-7,21-22H,1-4H3,(H,23,24);4-7H,2-3,8,12H2,1H3. The molecule has 5 N–H and O–H groups in total. The van der Waals surface area contributed by atoms with E-state index in [1.54, 1.807) is 24.3 Å². The second kappa shape index (κ2) is 14.4. The Hall–Kier alpha value is -5.06. The number of phenols is 2. The van der Waals surface area contributed by atoms with Crippen molar-refractivity contribution in [3.63, 3.8) is 0 Å². The number of aromatic hydroxyl groups is 2. The molecule has 0 aliphatic heterocycles. The molecule has 0 spiro atoms. The molecule has 218 valence electrons. The number of aromatic carboxylic acids is 1. The number of nitrogen functional groups attached to an aromatic ring is 1. The van der Waals surface area contributed by atoms with Gasteiger partial charge in [-0.3, -0.25) is 4.79 Å². The molecule has 0 saturated heterocycles. The number of hydrogen-bond donors (Lipinski definition) is 4. The van der Waals surface area contributed by atoms with Crippen LogP contribution in [0, 0.1) is 20.8 Å². The molecule has 3 aromatic rings. The van der Waals surface area contributed by atoms with Crippen LogP contribution < -0.4 is 15.2 Å². The molecule has 3 aromatic carbocycles. The Morgan fingerprint density at radius 3 is 2.05 bits per heavy atom. The Labute approximate surface area is 237 Å². The molecule has 3 rings (SSSR count). The Bertz CT molecular complexity index is 1450. The number of benzene rings is 3. The highest BCUT2D eigenvalue weighted by atomic mass is 16.5. The summed E-state index contributed by atoms with van der Waals surface area (Å²) in [5, 5.41) is 29.5. The molecule has 0 saturated carbocycles. The van der Waals surface area contributed by atoms with E-state index in [-0.39, 0.29) is 45.3 Å². The monoisotopic (exact) mass is 567 g/mol. The molecule has 0 bridgehead atoms. The summed E-state index contributed by atoms with van der Waals surface area (Å²) in [7, 11) is 1.31. The molecular weight excluding hydrogens is 534 g/mol. The summed E-state index contributed by atoms with van der Waals surface area (Å²) in [5.74, 6) is -3.65. The van der Waals surface area contributed by atoms with Crippen molar-refractivity contribution in [2.75, 3.05) is 19.5 Å². The molecule has 0 aliphatic rings. The van der Waals surface area contributed by atoms with Gasteiger partial charge >= 0.3 is 17.9 Å². The maximum atomic E-state index is 12.6. The number of anilines is 1. The van der Waals surface area contributed by atoms with Gasteiger partial charge in [0.2, 0.25) is 0 Å². The third-order valence-corrected chi connectivity index (χ3v) is 6.04. The van der Waals surface area contributed by atoms with Gasteiger partial charge < -0.3 is 35.3 Å². The zero-order chi connectivity index (χ0) is 30.9. The first kappa shape index (κ1) is 32.2. The molecular formula is C30H33NO10. The van der Waals surface area contributed by atoms with Crippen molar-refractivity contribution in [2.24, 2.45) is 0 Å². The number of phenolic OH excluding ortho intramolecular Hbond substituents is 1. The van der Waals surface area contributed by atoms with Crippen LogP contribution in [0.1, 0.15) is 77.9 Å². The highest BCUT2D eigenvalue weighted by Gasteiger charge is 2.26. The zero-order valence-electron chi connectivity index (χ0n) is 23.4. The minimum Gasteiger partial charge on any atom is -0.507 e. The van der Waals surface area contributed by atoms with E-state index in [9.17, 15) is 34.5 Å². The van der Waals surface area contributed by atoms with Crippen LogP contribution in [-0.4, -0.2) is 53.2 Å². The Morgan fingerprint density at radius 2 is 1.51 bits per heavy atom. The lowest BCUT2D eigenvalue weighted by Gasteiger charge is -2.16. The van der Waals surface area contributed by atoms with Gasteiger partial charge in [0.25, 0.3) is 0 Å². The molecule has 0 unspecified atom stereocenters. The molecule has 41 heavy (non-hydrogen) atoms. The van der Waals surface area contributed by atoms with Gasteiger partial charge in [-0.1, -0.05) is 13.3 Å². The molecule has 0 atom stereocenters. The molecule has 11 nitrogen and oxygen atoms in total. The number of unbranched alkanes of at least 4 members (excludes halogenated alkanes) is 1. The lowest BCUT2D eigenvalue weighted by atomic mass is 10.0. The van der Waals surface area contributed by atoms with Crippen molar-refractivity contribution in [1.29, 1.82) is 0 Å². The summed E-state index contributed by atoms with van der Waals surface area (Å²) < 4.78 is 15.3. The first-order valence-corrected chi connectivity index (χ1v) is 12.5. The minimum atomic E-state index is -1.38. The molecule has 0 heterocycles. The van der Waals surface area contributed by atoms with E-state index in [1.807, 2.05) is 0 Å². The molecule has 0 radical (unpaired) electrons. The maximum absolute atomic E-state index is 12.6. The van der Waals surface area contributed by atoms with Gasteiger partial charge in [0, 0.05) is 11.3 Å². The van der Waals surface area contributed by atoms with Crippen LogP contribution >= 0.6 is 0 Å². The lowest BCUT2D eigenvalue weighted by molar-refractivity contribution is 0.0499. The van der Waals surface area contributed by atoms with E-state index in [0.29, 0.717) is 29.7 Å². The SMILES string of the molecule is CCCCOC(=O)c1ccc(N)cc1.COc1cc(C)c(C(=O)Oc2cc(C)c(O)c(C(=O)O)c2C)c(O)c1C=O. The first-order chi connectivity index (χ1) is 19.4. The van der Waals surface area contributed by atoms with E-state index in [2.05, 4.69) is 6.92 Å². The van der Waals surface area contributed by atoms with Crippen LogP contribution in [0.4, 0.5) is 5.69 Å². The van der Waals surface area contributed by atoms with Crippen LogP contribution in [0.15, 0.2) is 36.4 Å². The average Bonchev–Trinajstić information content (AvgIpc) is 2.92. The number of aldehydes is 1. The molecule has 11 heteroatoms. The topological polar surface area (TPSA) is 183 Å². The van der Waals surface area contributed by atoms with E-state index < -0.39 is 23.4 Å². The van der Waals surface area contributed by atoms with Gasteiger partial charge in [-0.05, 0) is 74.7 Å². The van der Waals surface area contributed by atoms with Crippen molar-refractivity contribution in [3.05, 3.63) is 75.3 Å². The van der Waals surface area contributed by atoms with Crippen LogP contribution in [-0.2, 0) is 4.74 Å². The summed E-state index contributed by atoms with van der Waals surface area (Å²) in [5.41, 5.74) is 6.39. The first-order valence-electron chi connectivity index (χ1n) is 12.5. The van der Waals surface area contributed by atoms with Gasteiger partial charge in [-0.15, -0.1) is 0 Å². The van der Waals surface area contributed by atoms with Gasteiger partial charge in [-0.2, -0.15) is 0 Å². The predicted octanol–water partition coefficient (Wildman–Crippen LogP) is 4.99. The average molecular weight is 568 g/mol. The van der Waals surface area contributed by atoms with Crippen LogP contribution in [0.5, 0.6) is 23.0 Å². The fraction of sp³-hybridized carbons (Fsp3) is 0.267. The summed E-state index contributed by atoms with van der Waals surface area (Å²) >= 11 is 0. The lowest BCUT2D eigenvalue weighted by Crippen LogP contribution is -2.14.